The van der Waals surface area contributed by atoms with Crippen molar-refractivity contribution in [1.29, 1.82) is 0 Å². The Morgan fingerprint density at radius 1 is 1.17 bits per heavy atom. The van der Waals surface area contributed by atoms with E-state index in [0.717, 1.165) is 6.92 Å². The van der Waals surface area contributed by atoms with E-state index in [4.69, 9.17) is 0 Å². The average molecular weight is 414 g/mol. The fraction of sp³-hybridized carbons (Fsp3) is 0.684. The van der Waals surface area contributed by atoms with Crippen molar-refractivity contribution in [2.45, 2.75) is 62.8 Å². The largest absolute Gasteiger partial charge is 0.437 e. The van der Waals surface area contributed by atoms with Crippen molar-refractivity contribution in [2.24, 2.45) is 0 Å². The van der Waals surface area contributed by atoms with Gasteiger partial charge in [0.15, 0.2) is 6.10 Å². The molecule has 1 saturated heterocycles. The van der Waals surface area contributed by atoms with Crippen molar-refractivity contribution >= 4 is 12.0 Å². The van der Waals surface area contributed by atoms with Gasteiger partial charge in [0.2, 0.25) is 5.91 Å². The lowest BCUT2D eigenvalue weighted by atomic mass is 9.86. The topological polar surface area (TPSA) is 75.6 Å². The summed E-state index contributed by atoms with van der Waals surface area (Å²) in [4.78, 5) is 36.7. The summed E-state index contributed by atoms with van der Waals surface area (Å²) in [5, 5.41) is 0. The molecule has 0 bridgehead atoms. The first-order chi connectivity index (χ1) is 13.5. The summed E-state index contributed by atoms with van der Waals surface area (Å²) in [7, 11) is 1.73. The molecule has 1 aromatic heterocycles. The number of hydrogen-bond donors (Lipinski definition) is 0. The van der Waals surface area contributed by atoms with Crippen LogP contribution in [0.15, 0.2) is 18.5 Å². The van der Waals surface area contributed by atoms with Crippen LogP contribution in [0.5, 0.6) is 0 Å². The molecule has 0 N–H and O–H groups in total. The van der Waals surface area contributed by atoms with Crippen LogP contribution >= 0.6 is 0 Å². The van der Waals surface area contributed by atoms with Crippen LogP contribution in [0.1, 0.15) is 45.4 Å². The van der Waals surface area contributed by atoms with Gasteiger partial charge in [-0.2, -0.15) is 13.2 Å². The molecule has 0 spiro atoms. The lowest BCUT2D eigenvalue weighted by molar-refractivity contribution is -0.200. The molecule has 3 rings (SSSR count). The van der Waals surface area contributed by atoms with Gasteiger partial charge in [0.05, 0.1) is 0 Å². The van der Waals surface area contributed by atoms with E-state index >= 15 is 0 Å². The number of ether oxygens (including phenoxy) is 1. The molecule has 2 amide bonds. The van der Waals surface area contributed by atoms with E-state index in [9.17, 15) is 22.8 Å². The van der Waals surface area contributed by atoms with E-state index in [-0.39, 0.29) is 19.0 Å². The van der Waals surface area contributed by atoms with E-state index < -0.39 is 29.3 Å². The van der Waals surface area contributed by atoms with E-state index in [0.29, 0.717) is 31.5 Å². The second kappa shape index (κ2) is 7.46. The highest BCUT2D eigenvalue weighted by molar-refractivity contribution is 5.90. The minimum Gasteiger partial charge on any atom is -0.437 e. The summed E-state index contributed by atoms with van der Waals surface area (Å²) in [5.74, 6) is 0.454. The minimum absolute atomic E-state index is 0.0621. The number of amides is 2. The fourth-order valence-electron chi connectivity index (χ4n) is 3.57. The van der Waals surface area contributed by atoms with Gasteiger partial charge in [-0.05, 0) is 45.6 Å². The molecule has 2 fully saturated rings. The maximum Gasteiger partial charge on any atom is 0.425 e. The third kappa shape index (κ3) is 4.16. The predicted octanol–water partition coefficient (Wildman–Crippen LogP) is 2.91. The van der Waals surface area contributed by atoms with Crippen LogP contribution in [0.2, 0.25) is 0 Å². The van der Waals surface area contributed by atoms with E-state index in [1.165, 1.54) is 4.90 Å². The molecule has 0 aromatic carbocycles. The second-order valence-corrected chi connectivity index (χ2v) is 8.07. The summed E-state index contributed by atoms with van der Waals surface area (Å²) in [5.41, 5.74) is -1.22. The van der Waals surface area contributed by atoms with Gasteiger partial charge >= 0.3 is 12.3 Å². The summed E-state index contributed by atoms with van der Waals surface area (Å²) in [6, 6.07) is 1.70. The number of nitrogens with zero attached hydrogens (tertiary/aromatic N) is 4. The number of hydrogen-bond acceptors (Lipinski definition) is 5. The smallest absolute Gasteiger partial charge is 0.425 e. The first-order valence-electron chi connectivity index (χ1n) is 9.58. The molecule has 1 aliphatic carbocycles. The number of halogens is 3. The Kier molecular flexibility index (Phi) is 5.48. The van der Waals surface area contributed by atoms with Crippen molar-refractivity contribution in [1.82, 2.24) is 19.8 Å². The molecule has 0 radical (unpaired) electrons. The second-order valence-electron chi connectivity index (χ2n) is 8.07. The number of rotatable bonds is 4. The summed E-state index contributed by atoms with van der Waals surface area (Å²) in [6.07, 6.45) is -2.26. The molecule has 1 aromatic rings. The van der Waals surface area contributed by atoms with E-state index in [2.05, 4.69) is 14.7 Å². The summed E-state index contributed by atoms with van der Waals surface area (Å²) in [6.45, 7) is 3.16. The molecule has 1 unspecified atom stereocenters. The van der Waals surface area contributed by atoms with Gasteiger partial charge in [-0.1, -0.05) is 0 Å². The maximum absolute atomic E-state index is 13.2. The third-order valence-corrected chi connectivity index (χ3v) is 6.10. The zero-order valence-corrected chi connectivity index (χ0v) is 16.7. The van der Waals surface area contributed by atoms with Crippen LogP contribution in [0.25, 0.3) is 0 Å². The van der Waals surface area contributed by atoms with Crippen LogP contribution in [0.3, 0.4) is 0 Å². The van der Waals surface area contributed by atoms with E-state index in [1.807, 2.05) is 6.92 Å². The normalized spacial score (nSPS) is 21.2. The van der Waals surface area contributed by atoms with Crippen LogP contribution in [-0.2, 0) is 14.9 Å². The van der Waals surface area contributed by atoms with Crippen LogP contribution in [0.4, 0.5) is 18.0 Å². The van der Waals surface area contributed by atoms with Crippen molar-refractivity contribution in [3.63, 3.8) is 0 Å². The monoisotopic (exact) mass is 414 g/mol. The first kappa shape index (κ1) is 21.3. The molecule has 1 atom stereocenters. The molecule has 2 heterocycles. The highest BCUT2D eigenvalue weighted by Gasteiger charge is 2.57. The minimum atomic E-state index is -4.59. The maximum atomic E-state index is 13.2. The van der Waals surface area contributed by atoms with Crippen LogP contribution in [-0.4, -0.2) is 69.7 Å². The Hall–Kier alpha value is -2.39. The number of likely N-dealkylation sites (N-methyl/N-ethyl adjacent to an activating group) is 1. The SMILES string of the molecule is CC(OC(=O)N1CCC(C)(N(C)C(=O)C2(c3ncccn3)CC2)CC1)C(F)(F)F. The highest BCUT2D eigenvalue weighted by Crippen LogP contribution is 2.49. The molecule has 1 aliphatic heterocycles. The lowest BCUT2D eigenvalue weighted by Gasteiger charge is -2.45. The Bertz CT molecular complexity index is 760. The number of piperidine rings is 1. The standard InChI is InChI=1S/C19H25F3N4O3/c1-13(19(20,21)22)29-16(28)26-11-7-17(2,8-12-26)25(3)15(27)18(5-6-18)14-23-9-4-10-24-14/h4,9-10,13H,5-8,11-12H2,1-3H3. The molecule has 7 nitrogen and oxygen atoms in total. The Morgan fingerprint density at radius 2 is 1.72 bits per heavy atom. The van der Waals surface area contributed by atoms with Gasteiger partial charge in [-0.3, -0.25) is 4.79 Å². The van der Waals surface area contributed by atoms with Gasteiger partial charge in [0.25, 0.3) is 0 Å². The van der Waals surface area contributed by atoms with E-state index in [1.54, 1.807) is 30.4 Å². The Labute approximate surface area is 167 Å². The van der Waals surface area contributed by atoms with Gasteiger partial charge in [0, 0.05) is 38.1 Å². The van der Waals surface area contributed by atoms with Gasteiger partial charge < -0.3 is 14.5 Å². The molecular formula is C19H25F3N4O3. The van der Waals surface area contributed by atoms with Gasteiger partial charge in [-0.15, -0.1) is 0 Å². The summed E-state index contributed by atoms with van der Waals surface area (Å²) < 4.78 is 42.3. The predicted molar refractivity (Wildman–Crippen MR) is 96.9 cm³/mol. The number of alkyl halides is 3. The van der Waals surface area contributed by atoms with Crippen molar-refractivity contribution in [3.8, 4) is 0 Å². The van der Waals surface area contributed by atoms with Crippen LogP contribution in [0, 0.1) is 0 Å². The molecule has 10 heteroatoms. The molecule has 160 valence electrons. The number of carbonyl (C=O) groups is 2. The Balaban J connectivity index is 1.61. The van der Waals surface area contributed by atoms with Gasteiger partial charge in [0.1, 0.15) is 11.2 Å². The fourth-order valence-corrected chi connectivity index (χ4v) is 3.57. The Morgan fingerprint density at radius 3 is 2.21 bits per heavy atom. The molecule has 29 heavy (non-hydrogen) atoms. The zero-order chi connectivity index (χ0) is 21.4. The molecule has 2 aliphatic rings. The quantitative estimate of drug-likeness (QED) is 0.757. The number of carbonyl (C=O) groups excluding carboxylic acids is 2. The van der Waals surface area contributed by atoms with Gasteiger partial charge in [-0.25, -0.2) is 14.8 Å². The first-order valence-corrected chi connectivity index (χ1v) is 9.58. The number of aromatic nitrogens is 2. The molecular weight excluding hydrogens is 389 g/mol. The van der Waals surface area contributed by atoms with Crippen molar-refractivity contribution in [2.75, 3.05) is 20.1 Å². The average Bonchev–Trinajstić information content (AvgIpc) is 3.49. The highest BCUT2D eigenvalue weighted by atomic mass is 19.4. The summed E-state index contributed by atoms with van der Waals surface area (Å²) >= 11 is 0. The zero-order valence-electron chi connectivity index (χ0n) is 16.7. The van der Waals surface area contributed by atoms with Crippen LogP contribution < -0.4 is 0 Å². The van der Waals surface area contributed by atoms with Crippen molar-refractivity contribution in [3.05, 3.63) is 24.3 Å². The van der Waals surface area contributed by atoms with Crippen molar-refractivity contribution < 1.29 is 27.5 Å². The lowest BCUT2D eigenvalue weighted by Crippen LogP contribution is -2.57. The molecule has 1 saturated carbocycles. The number of likely N-dealkylation sites (tertiary alicyclic amines) is 1. The third-order valence-electron chi connectivity index (χ3n) is 6.10.